The van der Waals surface area contributed by atoms with Gasteiger partial charge in [-0.25, -0.2) is 4.79 Å². The molecule has 5 nitrogen and oxygen atoms in total. The second kappa shape index (κ2) is 6.08. The van der Waals surface area contributed by atoms with E-state index >= 15 is 0 Å². The van der Waals surface area contributed by atoms with E-state index in [-0.39, 0.29) is 29.9 Å². The third-order valence-corrected chi connectivity index (χ3v) is 4.28. The normalized spacial score (nSPS) is 19.4. The number of hydrogen-bond donors (Lipinski definition) is 2. The van der Waals surface area contributed by atoms with Gasteiger partial charge in [0.05, 0.1) is 6.54 Å². The third kappa shape index (κ3) is 3.40. The number of carboxylic acid groups (broad SMARTS) is 1. The number of nitrogens with one attached hydrogen (secondary N) is 1. The molecule has 1 saturated carbocycles. The molecule has 2 N–H and O–H groups in total. The van der Waals surface area contributed by atoms with E-state index in [1.54, 1.807) is 6.92 Å². The van der Waals surface area contributed by atoms with Crippen LogP contribution >= 0.6 is 11.6 Å². The molecule has 1 heterocycles. The Bertz CT molecular complexity index is 768. The van der Waals surface area contributed by atoms with E-state index in [9.17, 15) is 9.59 Å². The molecule has 1 amide bonds. The molecule has 0 spiro atoms. The third-order valence-electron chi connectivity index (χ3n) is 4.04. The highest BCUT2D eigenvalue weighted by Gasteiger charge is 2.43. The fourth-order valence-electron chi connectivity index (χ4n) is 2.74. The topological polar surface area (TPSA) is 79.5 Å². The summed E-state index contributed by atoms with van der Waals surface area (Å²) in [5.74, 6) is -0.184. The summed E-state index contributed by atoms with van der Waals surface area (Å²) in [5, 5.41) is 12.4. The summed E-state index contributed by atoms with van der Waals surface area (Å²) in [6, 6.07) is 8.98. The minimum Gasteiger partial charge on any atom is -0.478 e. The van der Waals surface area contributed by atoms with Crippen molar-refractivity contribution in [3.05, 3.63) is 58.0 Å². The van der Waals surface area contributed by atoms with Gasteiger partial charge in [-0.15, -0.1) is 0 Å². The molecule has 6 heteroatoms. The Kier molecular flexibility index (Phi) is 4.13. The molecule has 2 atom stereocenters. The van der Waals surface area contributed by atoms with Crippen LogP contribution in [0.5, 0.6) is 0 Å². The fraction of sp³-hybridized carbons (Fsp3) is 0.294. The molecule has 3 rings (SSSR count). The molecule has 0 aliphatic heterocycles. The van der Waals surface area contributed by atoms with E-state index < -0.39 is 5.97 Å². The molecule has 1 aromatic carbocycles. The zero-order valence-electron chi connectivity index (χ0n) is 12.5. The Morgan fingerprint density at radius 2 is 2.17 bits per heavy atom. The lowest BCUT2D eigenvalue weighted by Gasteiger charge is -2.03. The highest BCUT2D eigenvalue weighted by atomic mass is 35.5. The highest BCUT2D eigenvalue weighted by molar-refractivity contribution is 6.30. The summed E-state index contributed by atoms with van der Waals surface area (Å²) >= 11 is 5.97. The Hall–Kier alpha value is -2.27. The maximum Gasteiger partial charge on any atom is 0.339 e. The molecule has 1 aliphatic rings. The maximum atomic E-state index is 12.2. The van der Waals surface area contributed by atoms with Crippen molar-refractivity contribution < 1.29 is 19.1 Å². The lowest BCUT2D eigenvalue weighted by atomic mass is 10.1. The molecule has 0 bridgehead atoms. The Morgan fingerprint density at radius 1 is 1.39 bits per heavy atom. The molecule has 0 unspecified atom stereocenters. The van der Waals surface area contributed by atoms with Gasteiger partial charge < -0.3 is 14.8 Å². The van der Waals surface area contributed by atoms with Gasteiger partial charge in [-0.2, -0.15) is 0 Å². The fourth-order valence-corrected chi connectivity index (χ4v) is 2.94. The molecule has 0 saturated heterocycles. The Morgan fingerprint density at radius 3 is 2.83 bits per heavy atom. The Labute approximate surface area is 138 Å². The van der Waals surface area contributed by atoms with Gasteiger partial charge in [0.15, 0.2) is 0 Å². The van der Waals surface area contributed by atoms with Crippen molar-refractivity contribution in [1.82, 2.24) is 5.32 Å². The van der Waals surface area contributed by atoms with Crippen LogP contribution in [0.3, 0.4) is 0 Å². The first-order valence-corrected chi connectivity index (χ1v) is 7.69. The monoisotopic (exact) mass is 333 g/mol. The number of benzene rings is 1. The first kappa shape index (κ1) is 15.6. The van der Waals surface area contributed by atoms with Crippen LogP contribution < -0.4 is 5.32 Å². The number of aryl methyl sites for hydroxylation is 1. The SMILES string of the molecule is Cc1oc(CNC(=O)[C@@H]2C[C@@H]2c2cccc(Cl)c2)cc1C(=O)O. The molecule has 120 valence electrons. The number of halogens is 1. The van der Waals surface area contributed by atoms with Gasteiger partial charge in [-0.05, 0) is 43.0 Å². The number of furan rings is 1. The van der Waals surface area contributed by atoms with Gasteiger partial charge in [0.1, 0.15) is 17.1 Å². The van der Waals surface area contributed by atoms with Crippen LogP contribution in [0.25, 0.3) is 0 Å². The maximum absolute atomic E-state index is 12.2. The standard InChI is InChI=1S/C17H16ClNO4/c1-9-13(17(21)22)6-12(23-9)8-19-16(20)15-7-14(15)10-3-2-4-11(18)5-10/h2-6,14-15H,7-8H2,1H3,(H,19,20)(H,21,22)/t14-,15-/m1/s1. The minimum atomic E-state index is -1.04. The largest absolute Gasteiger partial charge is 0.478 e. The van der Waals surface area contributed by atoms with Crippen molar-refractivity contribution in [2.24, 2.45) is 5.92 Å². The number of carboxylic acids is 1. The van der Waals surface area contributed by atoms with Gasteiger partial charge >= 0.3 is 5.97 Å². The zero-order chi connectivity index (χ0) is 16.6. The van der Waals surface area contributed by atoms with Crippen LogP contribution in [0.2, 0.25) is 5.02 Å². The van der Waals surface area contributed by atoms with Crippen LogP contribution in [-0.2, 0) is 11.3 Å². The van der Waals surface area contributed by atoms with Crippen molar-refractivity contribution in [3.63, 3.8) is 0 Å². The van der Waals surface area contributed by atoms with Gasteiger partial charge in [-0.3, -0.25) is 4.79 Å². The number of amides is 1. The van der Waals surface area contributed by atoms with Crippen molar-refractivity contribution in [3.8, 4) is 0 Å². The number of aromatic carboxylic acids is 1. The number of carbonyl (C=O) groups is 2. The van der Waals surface area contributed by atoms with Crippen LogP contribution in [0.15, 0.2) is 34.7 Å². The van der Waals surface area contributed by atoms with Crippen LogP contribution in [0, 0.1) is 12.8 Å². The summed E-state index contributed by atoms with van der Waals surface area (Å²) in [5.41, 5.74) is 1.19. The Balaban J connectivity index is 1.57. The van der Waals surface area contributed by atoms with Crippen LogP contribution in [-0.4, -0.2) is 17.0 Å². The van der Waals surface area contributed by atoms with Gasteiger partial charge in [0, 0.05) is 10.9 Å². The van der Waals surface area contributed by atoms with Crippen LogP contribution in [0.1, 0.15) is 39.8 Å². The van der Waals surface area contributed by atoms with Gasteiger partial charge in [0.2, 0.25) is 5.91 Å². The molecule has 1 aliphatic carbocycles. The number of carbonyl (C=O) groups excluding carboxylic acids is 1. The van der Waals surface area contributed by atoms with E-state index in [4.69, 9.17) is 21.1 Å². The van der Waals surface area contributed by atoms with Gasteiger partial charge in [0.25, 0.3) is 0 Å². The quantitative estimate of drug-likeness (QED) is 0.879. The predicted molar refractivity (Wildman–Crippen MR) is 84.6 cm³/mol. The summed E-state index contributed by atoms with van der Waals surface area (Å²) in [4.78, 5) is 23.1. The molecular weight excluding hydrogens is 318 g/mol. The summed E-state index contributed by atoms with van der Waals surface area (Å²) in [6.07, 6.45) is 0.795. The average molecular weight is 334 g/mol. The van der Waals surface area contributed by atoms with Crippen LogP contribution in [0.4, 0.5) is 0 Å². The van der Waals surface area contributed by atoms with Gasteiger partial charge in [-0.1, -0.05) is 23.7 Å². The molecule has 0 radical (unpaired) electrons. The number of hydrogen-bond acceptors (Lipinski definition) is 3. The molecule has 23 heavy (non-hydrogen) atoms. The van der Waals surface area contributed by atoms with Crippen molar-refractivity contribution >= 4 is 23.5 Å². The molecule has 1 aromatic heterocycles. The summed E-state index contributed by atoms with van der Waals surface area (Å²) < 4.78 is 5.34. The van der Waals surface area contributed by atoms with Crippen molar-refractivity contribution in [2.45, 2.75) is 25.8 Å². The first-order chi connectivity index (χ1) is 11.0. The second-order valence-electron chi connectivity index (χ2n) is 5.71. The predicted octanol–water partition coefficient (Wildman–Crippen LogP) is 3.36. The van der Waals surface area contributed by atoms with E-state index in [1.165, 1.54) is 6.07 Å². The summed E-state index contributed by atoms with van der Waals surface area (Å²) in [6.45, 7) is 1.77. The minimum absolute atomic E-state index is 0.0547. The molecular formula is C17H16ClNO4. The van der Waals surface area contributed by atoms with Crippen molar-refractivity contribution in [2.75, 3.05) is 0 Å². The number of rotatable bonds is 5. The molecule has 1 fully saturated rings. The zero-order valence-corrected chi connectivity index (χ0v) is 13.3. The first-order valence-electron chi connectivity index (χ1n) is 7.31. The van der Waals surface area contributed by atoms with Crippen molar-refractivity contribution in [1.29, 1.82) is 0 Å². The smallest absolute Gasteiger partial charge is 0.339 e. The van der Waals surface area contributed by atoms with E-state index in [2.05, 4.69) is 5.32 Å². The second-order valence-corrected chi connectivity index (χ2v) is 6.15. The highest BCUT2D eigenvalue weighted by Crippen LogP contribution is 2.47. The van der Waals surface area contributed by atoms with E-state index in [1.807, 2.05) is 24.3 Å². The van der Waals surface area contributed by atoms with E-state index in [0.717, 1.165) is 12.0 Å². The summed E-state index contributed by atoms with van der Waals surface area (Å²) in [7, 11) is 0. The van der Waals surface area contributed by atoms with E-state index in [0.29, 0.717) is 16.5 Å². The lowest BCUT2D eigenvalue weighted by Crippen LogP contribution is -2.24. The lowest BCUT2D eigenvalue weighted by molar-refractivity contribution is -0.122. The average Bonchev–Trinajstić information content (AvgIpc) is 3.21. The molecule has 2 aromatic rings.